The van der Waals surface area contributed by atoms with Crippen LogP contribution in [0.5, 0.6) is 11.5 Å². The molecule has 0 saturated carbocycles. The topological polar surface area (TPSA) is 38.8 Å². The van der Waals surface area contributed by atoms with Gasteiger partial charge in [0.15, 0.2) is 11.5 Å². The van der Waals surface area contributed by atoms with Crippen molar-refractivity contribution in [1.29, 1.82) is 0 Å². The molecule has 4 nitrogen and oxygen atoms in total. The van der Waals surface area contributed by atoms with Gasteiger partial charge in [0.1, 0.15) is 10.9 Å². The van der Waals surface area contributed by atoms with E-state index in [1.165, 1.54) is 16.7 Å². The third kappa shape index (κ3) is 5.21. The van der Waals surface area contributed by atoms with Gasteiger partial charge < -0.3 is 9.47 Å². The fourth-order valence-electron chi connectivity index (χ4n) is 2.69. The monoisotopic (exact) mass is 543 g/mol. The largest absolute Gasteiger partial charge is 0.493 e. The summed E-state index contributed by atoms with van der Waals surface area (Å²) in [6.45, 7) is 4.29. The molecule has 1 amide bonds. The molecule has 0 N–H and O–H groups in total. The van der Waals surface area contributed by atoms with Crippen molar-refractivity contribution < 1.29 is 14.3 Å². The Morgan fingerprint density at radius 2 is 2.07 bits per heavy atom. The molecule has 1 fully saturated rings. The van der Waals surface area contributed by atoms with E-state index < -0.39 is 0 Å². The van der Waals surface area contributed by atoms with E-state index in [0.717, 1.165) is 11.1 Å². The van der Waals surface area contributed by atoms with Crippen molar-refractivity contribution in [2.75, 3.05) is 13.7 Å². The number of benzene rings is 2. The maximum atomic E-state index is 12.5. The Kier molecular flexibility index (Phi) is 7.87. The van der Waals surface area contributed by atoms with Gasteiger partial charge in [0.05, 0.1) is 16.5 Å². The van der Waals surface area contributed by atoms with Crippen LogP contribution in [-0.4, -0.2) is 28.8 Å². The molecule has 0 aliphatic carbocycles. The number of carbonyl (C=O) groups excluding carboxylic acids is 1. The van der Waals surface area contributed by atoms with Crippen LogP contribution in [0.15, 0.2) is 52.4 Å². The average molecular weight is 545 g/mol. The first-order chi connectivity index (χ1) is 14.3. The van der Waals surface area contributed by atoms with Gasteiger partial charge in [0, 0.05) is 22.2 Å². The van der Waals surface area contributed by atoms with Gasteiger partial charge in [-0.1, -0.05) is 59.3 Å². The zero-order valence-corrected chi connectivity index (χ0v) is 20.5. The van der Waals surface area contributed by atoms with Gasteiger partial charge in [-0.05, 0) is 51.8 Å². The molecule has 3 rings (SSSR count). The van der Waals surface area contributed by atoms with Crippen LogP contribution in [0, 0.1) is 0 Å². The molecule has 1 saturated heterocycles. The van der Waals surface area contributed by atoms with Crippen LogP contribution >= 0.6 is 63.1 Å². The lowest BCUT2D eigenvalue weighted by Gasteiger charge is -2.14. The fourth-order valence-corrected chi connectivity index (χ4v) is 5.00. The summed E-state index contributed by atoms with van der Waals surface area (Å²) in [7, 11) is 1.55. The third-order valence-electron chi connectivity index (χ3n) is 4.12. The number of thioether (sulfide) groups is 1. The van der Waals surface area contributed by atoms with Gasteiger partial charge >= 0.3 is 0 Å². The standard InChI is InChI=1S/C21H16BrCl2NO3S2/c1-3-6-25-20(26)18(30-21(25)29)9-12-7-15(22)19(17(8-12)27-2)28-11-13-4-5-14(23)10-16(13)24/h3-5,7-10H,1,6,11H2,2H3/b18-9+. The van der Waals surface area contributed by atoms with Gasteiger partial charge in [-0.3, -0.25) is 9.69 Å². The lowest BCUT2D eigenvalue weighted by molar-refractivity contribution is -0.121. The summed E-state index contributed by atoms with van der Waals surface area (Å²) in [5.74, 6) is 0.903. The highest BCUT2D eigenvalue weighted by Crippen LogP contribution is 2.39. The van der Waals surface area contributed by atoms with Crippen LogP contribution in [0.1, 0.15) is 11.1 Å². The molecule has 9 heteroatoms. The molecule has 30 heavy (non-hydrogen) atoms. The van der Waals surface area contributed by atoms with Gasteiger partial charge in [-0.2, -0.15) is 0 Å². The summed E-state index contributed by atoms with van der Waals surface area (Å²) in [6, 6.07) is 8.87. The first-order valence-electron chi connectivity index (χ1n) is 8.64. The Morgan fingerprint density at radius 3 is 2.73 bits per heavy atom. The second kappa shape index (κ2) is 10.2. The predicted molar refractivity (Wildman–Crippen MR) is 132 cm³/mol. The average Bonchev–Trinajstić information content (AvgIpc) is 2.95. The number of amides is 1. The number of nitrogens with zero attached hydrogens (tertiary/aromatic N) is 1. The Balaban J connectivity index is 1.84. The number of carbonyl (C=O) groups is 1. The van der Waals surface area contributed by atoms with Crippen molar-refractivity contribution in [2.24, 2.45) is 0 Å². The molecule has 1 aliphatic heterocycles. The van der Waals surface area contributed by atoms with E-state index in [9.17, 15) is 4.79 Å². The highest BCUT2D eigenvalue weighted by molar-refractivity contribution is 9.10. The molecule has 2 aromatic carbocycles. The molecular weight excluding hydrogens is 529 g/mol. The molecule has 0 unspecified atom stereocenters. The van der Waals surface area contributed by atoms with Crippen LogP contribution in [0.4, 0.5) is 0 Å². The van der Waals surface area contributed by atoms with Crippen LogP contribution in [-0.2, 0) is 11.4 Å². The van der Waals surface area contributed by atoms with Crippen molar-refractivity contribution >= 4 is 79.4 Å². The number of halogens is 3. The van der Waals surface area contributed by atoms with Gasteiger partial charge in [-0.25, -0.2) is 0 Å². The van der Waals surface area contributed by atoms with Crippen molar-refractivity contribution in [2.45, 2.75) is 6.61 Å². The second-order valence-electron chi connectivity index (χ2n) is 6.14. The molecule has 2 aromatic rings. The Hall–Kier alpha value is -1.51. The maximum absolute atomic E-state index is 12.5. The van der Waals surface area contributed by atoms with Crippen molar-refractivity contribution in [1.82, 2.24) is 4.90 Å². The van der Waals surface area contributed by atoms with E-state index in [0.29, 0.717) is 41.8 Å². The second-order valence-corrected chi connectivity index (χ2v) is 9.51. The lowest BCUT2D eigenvalue weighted by atomic mass is 10.1. The summed E-state index contributed by atoms with van der Waals surface area (Å²) < 4.78 is 12.6. The lowest BCUT2D eigenvalue weighted by Crippen LogP contribution is -2.27. The number of ether oxygens (including phenoxy) is 2. The van der Waals surface area contributed by atoms with E-state index in [4.69, 9.17) is 44.9 Å². The van der Waals surface area contributed by atoms with Crippen LogP contribution in [0.25, 0.3) is 6.08 Å². The summed E-state index contributed by atoms with van der Waals surface area (Å²) >= 11 is 22.2. The van der Waals surface area contributed by atoms with E-state index >= 15 is 0 Å². The first-order valence-corrected chi connectivity index (χ1v) is 11.4. The summed E-state index contributed by atoms with van der Waals surface area (Å²) in [5, 5.41) is 1.08. The first kappa shape index (κ1) is 23.2. The molecule has 1 heterocycles. The molecule has 0 radical (unpaired) electrons. The number of methoxy groups -OCH3 is 1. The minimum atomic E-state index is -0.141. The number of hydrogen-bond acceptors (Lipinski definition) is 5. The summed E-state index contributed by atoms with van der Waals surface area (Å²) in [6.07, 6.45) is 3.42. The number of rotatable bonds is 7. The number of hydrogen-bond donors (Lipinski definition) is 0. The molecule has 156 valence electrons. The molecule has 0 atom stereocenters. The number of thiocarbonyl (C=S) groups is 1. The van der Waals surface area contributed by atoms with Crippen molar-refractivity contribution in [3.63, 3.8) is 0 Å². The minimum Gasteiger partial charge on any atom is -0.493 e. The quantitative estimate of drug-likeness (QED) is 0.219. The summed E-state index contributed by atoms with van der Waals surface area (Å²) in [5.41, 5.74) is 1.57. The SMILES string of the molecule is C=CCN1C(=O)/C(=C\c2cc(Br)c(OCc3ccc(Cl)cc3Cl)c(OC)c2)SC1=S. The Labute approximate surface area is 202 Å². The Bertz CT molecular complexity index is 1060. The van der Waals surface area contributed by atoms with Crippen LogP contribution in [0.2, 0.25) is 10.0 Å². The van der Waals surface area contributed by atoms with Gasteiger partial charge in [0.25, 0.3) is 5.91 Å². The maximum Gasteiger partial charge on any atom is 0.266 e. The molecule has 0 spiro atoms. The fraction of sp³-hybridized carbons (Fsp3) is 0.143. The van der Waals surface area contributed by atoms with E-state index in [2.05, 4.69) is 22.5 Å². The summed E-state index contributed by atoms with van der Waals surface area (Å²) in [4.78, 5) is 14.6. The van der Waals surface area contributed by atoms with Crippen LogP contribution < -0.4 is 9.47 Å². The van der Waals surface area contributed by atoms with E-state index in [1.807, 2.05) is 12.1 Å². The molecule has 0 aromatic heterocycles. The molecule has 0 bridgehead atoms. The predicted octanol–water partition coefficient (Wildman–Crippen LogP) is 6.73. The van der Waals surface area contributed by atoms with Gasteiger partial charge in [-0.15, -0.1) is 6.58 Å². The van der Waals surface area contributed by atoms with Crippen molar-refractivity contribution in [3.8, 4) is 11.5 Å². The van der Waals surface area contributed by atoms with Gasteiger partial charge in [0.2, 0.25) is 0 Å². The van der Waals surface area contributed by atoms with Crippen molar-refractivity contribution in [3.05, 3.63) is 73.5 Å². The zero-order chi connectivity index (χ0) is 21.8. The third-order valence-corrected chi connectivity index (χ3v) is 6.68. The molecular formula is C21H16BrCl2NO3S2. The zero-order valence-electron chi connectivity index (χ0n) is 15.8. The smallest absolute Gasteiger partial charge is 0.266 e. The molecule has 1 aliphatic rings. The Morgan fingerprint density at radius 1 is 1.30 bits per heavy atom. The van der Waals surface area contributed by atoms with E-state index in [-0.39, 0.29) is 12.5 Å². The van der Waals surface area contributed by atoms with E-state index in [1.54, 1.807) is 37.5 Å². The normalized spacial score (nSPS) is 15.1. The minimum absolute atomic E-state index is 0.141. The highest BCUT2D eigenvalue weighted by Gasteiger charge is 2.31. The highest BCUT2D eigenvalue weighted by atomic mass is 79.9. The van der Waals surface area contributed by atoms with Crippen LogP contribution in [0.3, 0.4) is 0 Å².